The third-order valence-electron chi connectivity index (χ3n) is 9.34. The van der Waals surface area contributed by atoms with E-state index < -0.39 is 10.0 Å². The smallest absolute Gasteiger partial charge is 0.243 e. The fraction of sp³-hybridized carbons (Fsp3) is 0.538. The molecule has 0 bridgehead atoms. The van der Waals surface area contributed by atoms with Crippen molar-refractivity contribution in [2.24, 2.45) is 5.92 Å². The molecule has 2 heterocycles. The number of nitrogens with one attached hydrogen (secondary N) is 1. The first-order valence-electron chi connectivity index (χ1n) is 17.8. The summed E-state index contributed by atoms with van der Waals surface area (Å²) >= 11 is 0. The van der Waals surface area contributed by atoms with Crippen LogP contribution in [0.1, 0.15) is 55.0 Å². The molecule has 0 saturated carbocycles. The van der Waals surface area contributed by atoms with E-state index in [9.17, 15) is 8.42 Å². The maximum absolute atomic E-state index is 14.1. The lowest BCUT2D eigenvalue weighted by molar-refractivity contribution is -0.0151. The van der Waals surface area contributed by atoms with E-state index in [4.69, 9.17) is 23.7 Å². The first-order chi connectivity index (χ1) is 24.2. The Morgan fingerprint density at radius 2 is 1.64 bits per heavy atom. The molecule has 274 valence electrons. The Kier molecular flexibility index (Phi) is 14.1. The SMILES string of the molecule is COCCCN1CCOc2ccc(CO[C@@H]3C[C@@H](C(NC(C)C)c4ccc(COCCOC)cc4)CN(S(=O)(=O)c4ccc(C)cc4)C3)cc21. The van der Waals surface area contributed by atoms with Gasteiger partial charge in [0.15, 0.2) is 0 Å². The summed E-state index contributed by atoms with van der Waals surface area (Å²) in [4.78, 5) is 2.64. The topological polar surface area (TPSA) is 98.8 Å². The summed E-state index contributed by atoms with van der Waals surface area (Å²) in [5.74, 6) is 0.842. The van der Waals surface area contributed by atoms with Crippen LogP contribution in [-0.2, 0) is 42.2 Å². The highest BCUT2D eigenvalue weighted by Crippen LogP contribution is 2.36. The highest BCUT2D eigenvalue weighted by Gasteiger charge is 2.39. The molecular weight excluding hydrogens is 655 g/mol. The van der Waals surface area contributed by atoms with Crippen molar-refractivity contribution in [3.8, 4) is 5.75 Å². The fourth-order valence-corrected chi connectivity index (χ4v) is 8.27. The van der Waals surface area contributed by atoms with E-state index in [1.54, 1.807) is 30.7 Å². The lowest BCUT2D eigenvalue weighted by Crippen LogP contribution is -2.50. The number of hydrogen-bond acceptors (Lipinski definition) is 9. The fourth-order valence-electron chi connectivity index (χ4n) is 6.74. The minimum absolute atomic E-state index is 0.0339. The van der Waals surface area contributed by atoms with Gasteiger partial charge in [-0.2, -0.15) is 4.31 Å². The van der Waals surface area contributed by atoms with E-state index in [2.05, 4.69) is 54.4 Å². The number of fused-ring (bicyclic) bond motifs is 1. The van der Waals surface area contributed by atoms with Gasteiger partial charge < -0.3 is 33.9 Å². The second-order valence-corrected chi connectivity index (χ2v) is 15.6. The van der Waals surface area contributed by atoms with Gasteiger partial charge >= 0.3 is 0 Å². The average molecular weight is 710 g/mol. The molecular formula is C39H55N3O7S. The zero-order valence-electron chi connectivity index (χ0n) is 30.3. The molecule has 0 aromatic heterocycles. The van der Waals surface area contributed by atoms with Crippen LogP contribution in [0.3, 0.4) is 0 Å². The van der Waals surface area contributed by atoms with Crippen LogP contribution in [0, 0.1) is 12.8 Å². The molecule has 1 N–H and O–H groups in total. The predicted octanol–water partition coefficient (Wildman–Crippen LogP) is 5.73. The number of anilines is 1. The highest BCUT2D eigenvalue weighted by molar-refractivity contribution is 7.89. The van der Waals surface area contributed by atoms with Crippen LogP contribution >= 0.6 is 0 Å². The zero-order chi connectivity index (χ0) is 35.5. The number of sulfonamides is 1. The number of hydrogen-bond donors (Lipinski definition) is 1. The molecule has 1 fully saturated rings. The Labute approximate surface area is 299 Å². The van der Waals surface area contributed by atoms with Crippen molar-refractivity contribution in [3.05, 3.63) is 89.0 Å². The van der Waals surface area contributed by atoms with Gasteiger partial charge in [-0.3, -0.25) is 0 Å². The van der Waals surface area contributed by atoms with Crippen molar-refractivity contribution in [2.45, 2.75) is 69.9 Å². The first kappa shape index (κ1) is 38.2. The number of piperidine rings is 1. The Bertz CT molecular complexity index is 1580. The number of aryl methyl sites for hydroxylation is 1. The molecule has 11 heteroatoms. The van der Waals surface area contributed by atoms with Crippen molar-refractivity contribution in [1.82, 2.24) is 9.62 Å². The van der Waals surface area contributed by atoms with Crippen molar-refractivity contribution >= 4 is 15.7 Å². The van der Waals surface area contributed by atoms with Crippen molar-refractivity contribution < 1.29 is 32.1 Å². The van der Waals surface area contributed by atoms with E-state index >= 15 is 0 Å². The summed E-state index contributed by atoms with van der Waals surface area (Å²) in [7, 11) is -0.368. The largest absolute Gasteiger partial charge is 0.490 e. The number of nitrogens with zero attached hydrogens (tertiary/aromatic N) is 2. The molecule has 10 nitrogen and oxygen atoms in total. The van der Waals surface area contributed by atoms with Crippen LogP contribution < -0.4 is 15.0 Å². The molecule has 2 aliphatic heterocycles. The summed E-state index contributed by atoms with van der Waals surface area (Å²) in [5, 5.41) is 3.77. The summed E-state index contributed by atoms with van der Waals surface area (Å²) in [6.07, 6.45) is 1.34. The number of methoxy groups -OCH3 is 2. The maximum atomic E-state index is 14.1. The van der Waals surface area contributed by atoms with Crippen molar-refractivity contribution in [3.63, 3.8) is 0 Å². The molecule has 1 saturated heterocycles. The molecule has 2 aliphatic rings. The van der Waals surface area contributed by atoms with E-state index in [-0.39, 0.29) is 30.7 Å². The number of benzene rings is 3. The minimum atomic E-state index is -3.76. The van der Waals surface area contributed by atoms with Gasteiger partial charge in [-0.05, 0) is 66.6 Å². The molecule has 50 heavy (non-hydrogen) atoms. The Hall–Kier alpha value is -3.03. The molecule has 3 aromatic rings. The Morgan fingerprint density at radius 3 is 2.36 bits per heavy atom. The zero-order valence-corrected chi connectivity index (χ0v) is 31.1. The summed E-state index contributed by atoms with van der Waals surface area (Å²) < 4.78 is 58.6. The lowest BCUT2D eigenvalue weighted by Gasteiger charge is -2.41. The van der Waals surface area contributed by atoms with Crippen molar-refractivity contribution in [1.29, 1.82) is 0 Å². The number of rotatable bonds is 18. The quantitative estimate of drug-likeness (QED) is 0.166. The Balaban J connectivity index is 1.38. The molecule has 0 radical (unpaired) electrons. The summed E-state index contributed by atoms with van der Waals surface area (Å²) in [6.45, 7) is 11.9. The van der Waals surface area contributed by atoms with Crippen LogP contribution in [0.25, 0.3) is 0 Å². The standard InChI is InChI=1S/C39H55N3O7S/c1-29(2)40-39(33-12-9-31(10-13-33)27-47-22-21-46-5)34-24-35(26-42(25-34)50(43,44)36-14-7-30(3)8-15-36)49-28-32-11-16-38-37(23-32)41(18-20-48-38)17-6-19-45-4/h7-16,23,29,34-35,39-40H,6,17-22,24-28H2,1-5H3/t34-,35-,39?/m1/s1. The van der Waals surface area contributed by atoms with Crippen molar-refractivity contribution in [2.75, 3.05) is 71.7 Å². The highest BCUT2D eigenvalue weighted by atomic mass is 32.2. The lowest BCUT2D eigenvalue weighted by atomic mass is 9.85. The van der Waals surface area contributed by atoms with Gasteiger partial charge in [-0.1, -0.05) is 61.9 Å². The van der Waals surface area contributed by atoms with Crippen LogP contribution in [0.5, 0.6) is 5.75 Å². The number of ether oxygens (including phenoxy) is 5. The van der Waals surface area contributed by atoms with Gasteiger partial charge in [0.05, 0.1) is 49.7 Å². The maximum Gasteiger partial charge on any atom is 0.243 e. The molecule has 3 aromatic carbocycles. The minimum Gasteiger partial charge on any atom is -0.490 e. The second-order valence-electron chi connectivity index (χ2n) is 13.6. The van der Waals surface area contributed by atoms with E-state index in [0.29, 0.717) is 57.5 Å². The predicted molar refractivity (Wildman–Crippen MR) is 196 cm³/mol. The third-order valence-corrected chi connectivity index (χ3v) is 11.2. The second kappa shape index (κ2) is 18.5. The van der Waals surface area contributed by atoms with Gasteiger partial charge in [0.1, 0.15) is 12.4 Å². The van der Waals surface area contributed by atoms with E-state index in [1.165, 1.54) is 0 Å². The molecule has 3 atom stereocenters. The van der Waals surface area contributed by atoms with E-state index in [0.717, 1.165) is 53.2 Å². The molecule has 0 aliphatic carbocycles. The molecule has 5 rings (SSSR count). The van der Waals surface area contributed by atoms with Crippen LogP contribution in [-0.4, -0.2) is 91.7 Å². The normalized spacial score (nSPS) is 19.0. The van der Waals surface area contributed by atoms with Crippen LogP contribution in [0.2, 0.25) is 0 Å². The van der Waals surface area contributed by atoms with Gasteiger partial charge in [-0.25, -0.2) is 8.42 Å². The first-order valence-corrected chi connectivity index (χ1v) is 19.2. The Morgan fingerprint density at radius 1 is 0.900 bits per heavy atom. The van der Waals surface area contributed by atoms with Crippen LogP contribution in [0.15, 0.2) is 71.6 Å². The molecule has 0 spiro atoms. The molecule has 1 unspecified atom stereocenters. The van der Waals surface area contributed by atoms with Gasteiger partial charge in [0.25, 0.3) is 0 Å². The monoisotopic (exact) mass is 709 g/mol. The van der Waals surface area contributed by atoms with Gasteiger partial charge in [0, 0.05) is 52.5 Å². The van der Waals surface area contributed by atoms with Gasteiger partial charge in [-0.15, -0.1) is 0 Å². The molecule has 0 amide bonds. The van der Waals surface area contributed by atoms with E-state index in [1.807, 2.05) is 31.2 Å². The summed E-state index contributed by atoms with van der Waals surface area (Å²) in [6, 6.07) is 21.9. The summed E-state index contributed by atoms with van der Waals surface area (Å²) in [5.41, 5.74) is 5.30. The van der Waals surface area contributed by atoms with Crippen LogP contribution in [0.4, 0.5) is 5.69 Å². The van der Waals surface area contributed by atoms with Gasteiger partial charge in [0.2, 0.25) is 10.0 Å². The third kappa shape index (κ3) is 10.3. The average Bonchev–Trinajstić information content (AvgIpc) is 3.12.